The minimum Gasteiger partial charge on any atom is -1.00 e. The number of hydrogen-bond acceptors (Lipinski definition) is 12. The van der Waals surface area contributed by atoms with Crippen LogP contribution in [0, 0.1) is 16.4 Å². The van der Waals surface area contributed by atoms with Gasteiger partial charge in [0.2, 0.25) is 0 Å². The van der Waals surface area contributed by atoms with Crippen LogP contribution in [-0.4, -0.2) is 69.6 Å². The molecule has 0 atom stereocenters. The fraction of sp³-hybridized carbons (Fsp3) is 0.190. The Morgan fingerprint density at radius 2 is 1.56 bits per heavy atom. The zero-order valence-electron chi connectivity index (χ0n) is 23.3. The maximum absolute atomic E-state index is 12.9. The van der Waals surface area contributed by atoms with Crippen molar-refractivity contribution in [1.29, 1.82) is 0 Å². The summed E-state index contributed by atoms with van der Waals surface area (Å²) in [4.78, 5) is 72.8. The number of aromatic nitrogens is 6. The van der Waals surface area contributed by atoms with Crippen LogP contribution in [0.5, 0.6) is 0 Å². The number of fused-ring (bicyclic) bond motifs is 2. The van der Waals surface area contributed by atoms with Gasteiger partial charge in [0.15, 0.2) is 15.6 Å². The van der Waals surface area contributed by atoms with Crippen LogP contribution >= 0.6 is 39.9 Å². The zero-order valence-corrected chi connectivity index (χ0v) is 31.7. The van der Waals surface area contributed by atoms with Gasteiger partial charge in [-0.2, -0.15) is 0 Å². The molecule has 5 N–H and O–H groups in total. The van der Waals surface area contributed by atoms with Crippen LogP contribution in [0.1, 0.15) is 14.3 Å². The summed E-state index contributed by atoms with van der Waals surface area (Å²) in [5, 5.41) is 25.8. The molecule has 4 aromatic rings. The molecule has 4 aromatic heterocycles. The summed E-state index contributed by atoms with van der Waals surface area (Å²) in [5.74, 6) is -2.56. The first-order chi connectivity index (χ1) is 19.4. The Hall–Kier alpha value is -0.867. The molecule has 0 radical (unpaired) electrons. The third-order valence-electron chi connectivity index (χ3n) is 3.97. The van der Waals surface area contributed by atoms with Gasteiger partial charge in [-0.1, -0.05) is 27.7 Å². The van der Waals surface area contributed by atoms with Gasteiger partial charge in [-0.05, 0) is 24.4 Å². The number of H-pyrrole nitrogens is 3. The molecular formula is C21H19BrF2K2N6O9S2. The minimum absolute atomic E-state index is 0. The Bertz CT molecular complexity index is 1690. The number of nitrogens with zero attached hydrogens (tertiary/aromatic N) is 3. The number of hydrogen-bond donors (Lipinski definition) is 5. The molecule has 0 aliphatic rings. The van der Waals surface area contributed by atoms with Gasteiger partial charge in [0, 0.05) is 11.1 Å². The summed E-state index contributed by atoms with van der Waals surface area (Å²) in [6, 6.07) is 2.16. The van der Waals surface area contributed by atoms with Gasteiger partial charge in [-0.25, -0.2) is 23.7 Å². The normalized spacial score (nSPS) is 9.30. The number of thioether (sulfide) groups is 1. The molecule has 0 spiro atoms. The second-order valence-corrected chi connectivity index (χ2v) is 9.16. The summed E-state index contributed by atoms with van der Waals surface area (Å²) >= 11 is 8.78. The van der Waals surface area contributed by atoms with E-state index in [1.54, 1.807) is 0 Å². The van der Waals surface area contributed by atoms with Crippen LogP contribution in [0.4, 0.5) is 8.78 Å². The van der Waals surface area contributed by atoms with Crippen molar-refractivity contribution < 1.29 is 148 Å². The van der Waals surface area contributed by atoms with E-state index in [-0.39, 0.29) is 161 Å². The van der Waals surface area contributed by atoms with E-state index in [0.29, 0.717) is 5.33 Å². The summed E-state index contributed by atoms with van der Waals surface area (Å²) in [5.41, 5.74) is -0.510. The second-order valence-electron chi connectivity index (χ2n) is 6.87. The summed E-state index contributed by atoms with van der Waals surface area (Å²) in [6.45, 7) is -0.181. The first-order valence-electron chi connectivity index (χ1n) is 10.6. The van der Waals surface area contributed by atoms with E-state index >= 15 is 0 Å². The maximum Gasteiger partial charge on any atom is 1.00 e. The van der Waals surface area contributed by atoms with E-state index < -0.39 is 34.7 Å². The van der Waals surface area contributed by atoms with Crippen LogP contribution < -0.4 is 119 Å². The van der Waals surface area contributed by atoms with Gasteiger partial charge >= 0.3 is 115 Å². The number of halogens is 3. The number of pyridine rings is 2. The molecular weight excluding hydrogens is 740 g/mol. The number of rotatable bonds is 7. The molecule has 0 saturated heterocycles. The third kappa shape index (κ3) is 18.0. The molecule has 22 heteroatoms. The van der Waals surface area contributed by atoms with Crippen molar-refractivity contribution in [3.63, 3.8) is 0 Å². The van der Waals surface area contributed by atoms with E-state index in [9.17, 15) is 28.0 Å². The Balaban J connectivity index is -0.000000569. The Morgan fingerprint density at radius 1 is 1.02 bits per heavy atom. The fourth-order valence-corrected chi connectivity index (χ4v) is 3.70. The van der Waals surface area contributed by atoms with Crippen molar-refractivity contribution in [1.82, 2.24) is 29.9 Å². The number of carboxylic acids is 2. The molecule has 0 unspecified atom stereocenters. The topological polar surface area (TPSA) is 244 Å². The van der Waals surface area contributed by atoms with Gasteiger partial charge in [0.25, 0.3) is 17.6 Å². The molecule has 4 rings (SSSR count). The molecule has 43 heavy (non-hydrogen) atoms. The largest absolute Gasteiger partial charge is 1.00 e. The van der Waals surface area contributed by atoms with E-state index in [2.05, 4.69) is 50.7 Å². The van der Waals surface area contributed by atoms with E-state index in [1.807, 2.05) is 0 Å². The van der Waals surface area contributed by atoms with E-state index in [1.165, 1.54) is 0 Å². The molecule has 0 aliphatic carbocycles. The quantitative estimate of drug-likeness (QED) is 0.0175. The molecule has 0 fully saturated rings. The summed E-state index contributed by atoms with van der Waals surface area (Å²) in [7, 11) is 0. The average Bonchev–Trinajstić information content (AvgIpc) is 2.90. The van der Waals surface area contributed by atoms with Crippen molar-refractivity contribution in [3.05, 3.63) is 61.6 Å². The Labute approximate surface area is 343 Å². The predicted octanol–water partition coefficient (Wildman–Crippen LogP) is -4.45. The van der Waals surface area contributed by atoms with Crippen LogP contribution in [0.15, 0.2) is 39.3 Å². The smallest absolute Gasteiger partial charge is 1.00 e. The number of carbonyl (C=O) groups is 3. The number of nitrogens with one attached hydrogen (secondary N) is 3. The number of aromatic amines is 3. The molecule has 0 bridgehead atoms. The molecule has 4 heterocycles. The number of alkyl halides is 1. The fourth-order valence-electron chi connectivity index (χ4n) is 2.38. The third-order valence-corrected chi connectivity index (χ3v) is 5.44. The van der Waals surface area contributed by atoms with Crippen LogP contribution in [0.25, 0.3) is 22.1 Å². The average molecular weight is 760 g/mol. The predicted molar refractivity (Wildman–Crippen MR) is 145 cm³/mol. The van der Waals surface area contributed by atoms with Gasteiger partial charge in [0.1, 0.15) is 17.3 Å². The van der Waals surface area contributed by atoms with Crippen molar-refractivity contribution in [2.75, 3.05) is 11.1 Å². The zero-order chi connectivity index (χ0) is 30.9. The molecule has 0 amide bonds. The molecule has 222 valence electrons. The van der Waals surface area contributed by atoms with Crippen molar-refractivity contribution in [2.24, 2.45) is 0 Å². The number of carbonyl (C=O) groups excluding carboxylic acids is 1. The first kappa shape index (κ1) is 44.3. The molecule has 0 aliphatic heterocycles. The van der Waals surface area contributed by atoms with Crippen molar-refractivity contribution in [2.45, 2.75) is 18.0 Å². The minimum atomic E-state index is -0.925. The van der Waals surface area contributed by atoms with Gasteiger partial charge < -0.3 is 31.8 Å². The molecule has 0 saturated carbocycles. The SMILES string of the molecule is O=C(O)CCBr.O=C(O)CCSc1nc2ncc(F)cc2c(=O)[nH]1.O=CO[O-].O=c1[nH]c(=S)[nH]c2ncc(F)cc12.[H-].[K+].[K+]. The van der Waals surface area contributed by atoms with Gasteiger partial charge in [-0.15, -0.1) is 0 Å². The van der Waals surface area contributed by atoms with Crippen LogP contribution in [0.2, 0.25) is 0 Å². The summed E-state index contributed by atoms with van der Waals surface area (Å²) < 4.78 is 25.7. The van der Waals surface area contributed by atoms with Gasteiger partial charge in [-0.3, -0.25) is 29.0 Å². The van der Waals surface area contributed by atoms with Crippen molar-refractivity contribution >= 4 is 80.4 Å². The van der Waals surface area contributed by atoms with E-state index in [0.717, 1.165) is 36.3 Å². The Morgan fingerprint density at radius 3 is 2.07 bits per heavy atom. The van der Waals surface area contributed by atoms with Crippen molar-refractivity contribution in [3.8, 4) is 0 Å². The second kappa shape index (κ2) is 24.4. The Kier molecular flexibility index (Phi) is 25.1. The van der Waals surface area contributed by atoms with Gasteiger partial charge in [0.05, 0.1) is 36.0 Å². The number of aliphatic carboxylic acids is 2. The standard InChI is InChI=1S/C10H8FN3O3S.C7H4FN3OS.C3H5BrO2.CH2O3.2K.H/c11-5-3-6-8(12-4-5)13-10(14-9(6)17)18-2-1-7(15)16;8-3-1-4-5(9-2-3)10-7(13)11-6(4)12;4-2-1-3(5)6;2-1-4-3;;;/h3-4H,1-2H2,(H,15,16)(H,12,13,14,17);1-2H,(H2,9,10,11,12,13);1-2H2,(H,5,6);1,3H;;;/q;;;;2*+1;-1/p-1. The molecule has 0 aromatic carbocycles. The van der Waals surface area contributed by atoms with E-state index in [4.69, 9.17) is 32.5 Å². The maximum atomic E-state index is 12.9. The number of carboxylic acid groups (broad SMARTS) is 2. The molecule has 15 nitrogen and oxygen atoms in total. The van der Waals surface area contributed by atoms with Crippen LogP contribution in [-0.2, 0) is 19.3 Å². The first-order valence-corrected chi connectivity index (χ1v) is 13.1. The monoisotopic (exact) mass is 758 g/mol. The van der Waals surface area contributed by atoms with Crippen LogP contribution in [0.3, 0.4) is 0 Å². The summed E-state index contributed by atoms with van der Waals surface area (Å²) in [6.07, 6.45) is 2.16.